The number of carbonyl (C=O) groups excluding carboxylic acids is 1. The lowest BCUT2D eigenvalue weighted by molar-refractivity contribution is 0.0725. The molecule has 2 rings (SSSR count). The van der Waals surface area contributed by atoms with E-state index in [0.717, 1.165) is 42.9 Å². The molecule has 0 aromatic heterocycles. The van der Waals surface area contributed by atoms with E-state index in [9.17, 15) is 4.79 Å². The molecular formula is C18H28N2O. The summed E-state index contributed by atoms with van der Waals surface area (Å²) in [5, 5.41) is 3.39. The molecule has 0 radical (unpaired) electrons. The Morgan fingerprint density at radius 3 is 2.29 bits per heavy atom. The molecule has 3 nitrogen and oxygen atoms in total. The summed E-state index contributed by atoms with van der Waals surface area (Å²) in [5.41, 5.74) is 4.32. The lowest BCUT2D eigenvalue weighted by Gasteiger charge is -2.30. The van der Waals surface area contributed by atoms with E-state index in [1.165, 1.54) is 18.4 Å². The quantitative estimate of drug-likeness (QED) is 0.923. The van der Waals surface area contributed by atoms with E-state index in [0.29, 0.717) is 5.92 Å². The highest BCUT2D eigenvalue weighted by atomic mass is 16.2. The average molecular weight is 288 g/mol. The van der Waals surface area contributed by atoms with E-state index in [1.54, 1.807) is 0 Å². The van der Waals surface area contributed by atoms with Crippen molar-refractivity contribution in [2.45, 2.75) is 40.5 Å². The second-order valence-electron chi connectivity index (χ2n) is 6.31. The molecule has 0 saturated carbocycles. The minimum Gasteiger partial charge on any atom is -0.339 e. The Kier molecular flexibility index (Phi) is 5.40. The number of hydrogen-bond donors (Lipinski definition) is 1. The SMILES string of the molecule is CCN(CC1CCNCC1)C(=O)c1c(C)cc(C)cc1C. The van der Waals surface area contributed by atoms with Gasteiger partial charge in [0.25, 0.3) is 5.91 Å². The van der Waals surface area contributed by atoms with E-state index in [1.807, 2.05) is 18.7 Å². The summed E-state index contributed by atoms with van der Waals surface area (Å²) in [4.78, 5) is 14.9. The third kappa shape index (κ3) is 3.85. The van der Waals surface area contributed by atoms with Gasteiger partial charge in [-0.1, -0.05) is 17.7 Å². The van der Waals surface area contributed by atoms with Crippen LogP contribution in [0, 0.1) is 26.7 Å². The number of benzene rings is 1. The second-order valence-corrected chi connectivity index (χ2v) is 6.31. The number of nitrogens with one attached hydrogen (secondary N) is 1. The Balaban J connectivity index is 2.16. The Bertz CT molecular complexity index is 481. The van der Waals surface area contributed by atoms with Crippen LogP contribution >= 0.6 is 0 Å². The molecule has 0 spiro atoms. The van der Waals surface area contributed by atoms with Gasteiger partial charge in [0.15, 0.2) is 0 Å². The van der Waals surface area contributed by atoms with Crippen molar-refractivity contribution >= 4 is 5.91 Å². The molecule has 1 heterocycles. The molecule has 1 fully saturated rings. The van der Waals surface area contributed by atoms with Crippen molar-refractivity contribution in [1.82, 2.24) is 10.2 Å². The number of nitrogens with zero attached hydrogens (tertiary/aromatic N) is 1. The summed E-state index contributed by atoms with van der Waals surface area (Å²) in [5.74, 6) is 0.840. The third-order valence-corrected chi connectivity index (χ3v) is 4.50. The molecule has 21 heavy (non-hydrogen) atoms. The summed E-state index contributed by atoms with van der Waals surface area (Å²) in [7, 11) is 0. The van der Waals surface area contributed by atoms with Gasteiger partial charge < -0.3 is 10.2 Å². The molecule has 1 aromatic rings. The number of rotatable bonds is 4. The molecular weight excluding hydrogens is 260 g/mol. The molecule has 3 heteroatoms. The Morgan fingerprint density at radius 2 is 1.76 bits per heavy atom. The summed E-state index contributed by atoms with van der Waals surface area (Å²) in [6.07, 6.45) is 2.35. The van der Waals surface area contributed by atoms with Crippen LogP contribution in [0.3, 0.4) is 0 Å². The number of aryl methyl sites for hydroxylation is 3. The zero-order valence-electron chi connectivity index (χ0n) is 13.8. The van der Waals surface area contributed by atoms with Crippen LogP contribution in [0.2, 0.25) is 0 Å². The molecule has 1 saturated heterocycles. The lowest BCUT2D eigenvalue weighted by atomic mass is 9.95. The van der Waals surface area contributed by atoms with E-state index in [2.05, 4.69) is 31.3 Å². The molecule has 0 aliphatic carbocycles. The Labute approximate surface area is 128 Å². The van der Waals surface area contributed by atoms with Crippen molar-refractivity contribution in [3.8, 4) is 0 Å². The number of hydrogen-bond acceptors (Lipinski definition) is 2. The highest BCUT2D eigenvalue weighted by Crippen LogP contribution is 2.20. The smallest absolute Gasteiger partial charge is 0.254 e. The van der Waals surface area contributed by atoms with Crippen molar-refractivity contribution in [2.75, 3.05) is 26.2 Å². The fourth-order valence-corrected chi connectivity index (χ4v) is 3.41. The third-order valence-electron chi connectivity index (χ3n) is 4.50. The summed E-state index contributed by atoms with van der Waals surface area (Å²) >= 11 is 0. The fourth-order valence-electron chi connectivity index (χ4n) is 3.41. The first-order valence-electron chi connectivity index (χ1n) is 8.10. The first-order chi connectivity index (χ1) is 10.0. The molecule has 1 amide bonds. The van der Waals surface area contributed by atoms with Gasteiger partial charge in [0.2, 0.25) is 0 Å². The molecule has 0 unspecified atom stereocenters. The number of carbonyl (C=O) groups is 1. The largest absolute Gasteiger partial charge is 0.339 e. The summed E-state index contributed by atoms with van der Waals surface area (Å²) < 4.78 is 0. The van der Waals surface area contributed by atoms with Crippen LogP contribution in [0.25, 0.3) is 0 Å². The minimum atomic E-state index is 0.200. The van der Waals surface area contributed by atoms with Crippen LogP contribution in [-0.2, 0) is 0 Å². The maximum absolute atomic E-state index is 12.9. The predicted molar refractivity (Wildman–Crippen MR) is 87.8 cm³/mol. The van der Waals surface area contributed by atoms with Crippen molar-refractivity contribution in [3.05, 3.63) is 34.4 Å². The summed E-state index contributed by atoms with van der Waals surface area (Å²) in [6.45, 7) is 12.1. The van der Waals surface area contributed by atoms with Crippen LogP contribution in [0.1, 0.15) is 46.8 Å². The van der Waals surface area contributed by atoms with Gasteiger partial charge >= 0.3 is 0 Å². The van der Waals surface area contributed by atoms with Gasteiger partial charge in [-0.05, 0) is 70.7 Å². The monoisotopic (exact) mass is 288 g/mol. The zero-order chi connectivity index (χ0) is 15.4. The maximum atomic E-state index is 12.9. The lowest BCUT2D eigenvalue weighted by Crippen LogP contribution is -2.39. The molecule has 1 N–H and O–H groups in total. The highest BCUT2D eigenvalue weighted by molar-refractivity contribution is 5.97. The van der Waals surface area contributed by atoms with Gasteiger partial charge in [0, 0.05) is 18.7 Å². The molecule has 1 aromatic carbocycles. The van der Waals surface area contributed by atoms with Gasteiger partial charge in [-0.2, -0.15) is 0 Å². The zero-order valence-corrected chi connectivity index (χ0v) is 13.8. The van der Waals surface area contributed by atoms with Crippen molar-refractivity contribution in [2.24, 2.45) is 5.92 Å². The van der Waals surface area contributed by atoms with Crippen LogP contribution in [0.15, 0.2) is 12.1 Å². The van der Waals surface area contributed by atoms with Gasteiger partial charge in [-0.25, -0.2) is 0 Å². The van der Waals surface area contributed by atoms with Crippen LogP contribution < -0.4 is 5.32 Å². The van der Waals surface area contributed by atoms with Gasteiger partial charge in [-0.3, -0.25) is 4.79 Å². The van der Waals surface area contributed by atoms with Gasteiger partial charge in [0.05, 0.1) is 0 Å². The normalized spacial score (nSPS) is 16.0. The standard InChI is InChI=1S/C18H28N2O/c1-5-20(12-16-6-8-19-9-7-16)18(21)17-14(3)10-13(2)11-15(17)4/h10-11,16,19H,5-9,12H2,1-4H3. The topological polar surface area (TPSA) is 32.3 Å². The van der Waals surface area contributed by atoms with Crippen molar-refractivity contribution < 1.29 is 4.79 Å². The average Bonchev–Trinajstić information content (AvgIpc) is 2.44. The number of amides is 1. The van der Waals surface area contributed by atoms with Crippen LogP contribution in [0.5, 0.6) is 0 Å². The fraction of sp³-hybridized carbons (Fsp3) is 0.611. The molecule has 0 atom stereocenters. The molecule has 0 bridgehead atoms. The van der Waals surface area contributed by atoms with E-state index in [4.69, 9.17) is 0 Å². The van der Waals surface area contributed by atoms with Gasteiger partial charge in [0.1, 0.15) is 0 Å². The van der Waals surface area contributed by atoms with Crippen LogP contribution in [-0.4, -0.2) is 37.0 Å². The molecule has 116 valence electrons. The van der Waals surface area contributed by atoms with E-state index < -0.39 is 0 Å². The summed E-state index contributed by atoms with van der Waals surface area (Å²) in [6, 6.07) is 4.22. The number of piperidine rings is 1. The predicted octanol–water partition coefficient (Wildman–Crippen LogP) is 3.07. The van der Waals surface area contributed by atoms with E-state index in [-0.39, 0.29) is 5.91 Å². The second kappa shape index (κ2) is 7.08. The Morgan fingerprint density at radius 1 is 1.19 bits per heavy atom. The minimum absolute atomic E-state index is 0.200. The van der Waals surface area contributed by atoms with Crippen molar-refractivity contribution in [3.63, 3.8) is 0 Å². The molecule has 1 aliphatic heterocycles. The first-order valence-corrected chi connectivity index (χ1v) is 8.10. The Hall–Kier alpha value is -1.35. The first kappa shape index (κ1) is 16.0. The highest BCUT2D eigenvalue weighted by Gasteiger charge is 2.22. The van der Waals surface area contributed by atoms with E-state index >= 15 is 0 Å². The van der Waals surface area contributed by atoms with Gasteiger partial charge in [-0.15, -0.1) is 0 Å². The maximum Gasteiger partial charge on any atom is 0.254 e. The van der Waals surface area contributed by atoms with Crippen molar-refractivity contribution in [1.29, 1.82) is 0 Å². The molecule has 1 aliphatic rings. The van der Waals surface area contributed by atoms with Crippen LogP contribution in [0.4, 0.5) is 0 Å².